The van der Waals surface area contributed by atoms with Crippen LogP contribution in [0.2, 0.25) is 0 Å². The van der Waals surface area contributed by atoms with Gasteiger partial charge in [0.25, 0.3) is 6.71 Å². The topological polar surface area (TPSA) is 31.0 Å². The fraction of sp³-hybridized carbons (Fsp3) is 0.195. The minimum absolute atomic E-state index is 0.0512. The van der Waals surface area contributed by atoms with Crippen LogP contribution in [-0.2, 0) is 21.7 Å². The van der Waals surface area contributed by atoms with Gasteiger partial charge in [-0.2, -0.15) is 0 Å². The second-order valence-electron chi connectivity index (χ2n) is 26.1. The van der Waals surface area contributed by atoms with Crippen molar-refractivity contribution in [1.82, 2.24) is 4.57 Å². The number of benzene rings is 11. The van der Waals surface area contributed by atoms with Gasteiger partial charge in [0, 0.05) is 67.0 Å². The molecule has 89 heavy (non-hydrogen) atoms. The average molecular weight is 1190 g/mol. The Kier molecular flexibility index (Phi) is 6.05. The highest BCUT2D eigenvalue weighted by atomic mass is 16.3. The van der Waals surface area contributed by atoms with Crippen molar-refractivity contribution in [2.75, 3.05) is 19.6 Å². The molecule has 0 bridgehead atoms. The summed E-state index contributed by atoms with van der Waals surface area (Å²) >= 11 is 0. The van der Waals surface area contributed by atoms with Crippen LogP contribution in [0.1, 0.15) is 157 Å². The normalized spacial score (nSPS) is 19.5. The van der Waals surface area contributed by atoms with Crippen LogP contribution in [0, 0.1) is 0 Å². The molecule has 16 rings (SSSR count). The lowest BCUT2D eigenvalue weighted by Gasteiger charge is -2.47. The third-order valence-corrected chi connectivity index (χ3v) is 16.0. The Labute approximate surface area is 577 Å². The van der Waals surface area contributed by atoms with E-state index >= 15 is 0 Å². The molecule has 0 spiro atoms. The molecule has 3 aliphatic heterocycles. The summed E-state index contributed by atoms with van der Waals surface area (Å²) in [6.45, 7) is 16.7. The largest absolute Gasteiger partial charge is 0.454 e. The molecule has 0 N–H and O–H groups in total. The van der Waals surface area contributed by atoms with Gasteiger partial charge in [0.2, 0.25) is 0 Å². The molecule has 13 aromatic rings. The minimum atomic E-state index is -2.43. The Bertz CT molecular complexity index is 7130. The molecule has 2 aromatic heterocycles. The van der Waals surface area contributed by atoms with Crippen LogP contribution in [0.4, 0.5) is 68.2 Å². The molecule has 0 saturated carbocycles. The zero-order valence-corrected chi connectivity index (χ0v) is 50.2. The van der Waals surface area contributed by atoms with Crippen LogP contribution in [0.25, 0.3) is 49.4 Å². The summed E-state index contributed by atoms with van der Waals surface area (Å²) in [6, 6.07) is -39.5. The van der Waals surface area contributed by atoms with Gasteiger partial charge in [-0.05, 0) is 175 Å². The predicted molar refractivity (Wildman–Crippen MR) is 380 cm³/mol. The molecule has 0 atom stereocenters. The van der Waals surface area contributed by atoms with Gasteiger partial charge >= 0.3 is 0 Å². The first-order valence-electron chi connectivity index (χ1n) is 47.6. The van der Waals surface area contributed by atoms with Crippen LogP contribution < -0.4 is 36.0 Å². The molecule has 6 nitrogen and oxygen atoms in total. The molecule has 3 aliphatic rings. The van der Waals surface area contributed by atoms with E-state index in [1.165, 1.54) is 0 Å². The highest BCUT2D eigenvalue weighted by Gasteiger charge is 2.48. The minimum Gasteiger partial charge on any atom is -0.454 e. The second kappa shape index (κ2) is 19.4. The number of anilines is 12. The van der Waals surface area contributed by atoms with Crippen molar-refractivity contribution >= 4 is 135 Å². The first-order chi connectivity index (χ1) is 58.6. The molecule has 0 radical (unpaired) electrons. The smallest absolute Gasteiger partial charge is 0.252 e. The summed E-state index contributed by atoms with van der Waals surface area (Å²) in [5, 5.41) is -1.96. The molecule has 0 fully saturated rings. The highest BCUT2D eigenvalue weighted by molar-refractivity contribution is 7.00. The molecule has 0 saturated heterocycles. The number of nitrogens with zero attached hydrogens (tertiary/aromatic N) is 5. The van der Waals surface area contributed by atoms with Gasteiger partial charge in [0.05, 0.1) is 91.6 Å². The van der Waals surface area contributed by atoms with Crippen molar-refractivity contribution < 1.29 is 56.5 Å². The number of para-hydroxylation sites is 5. The number of rotatable bonds is 7. The summed E-state index contributed by atoms with van der Waals surface area (Å²) in [5.74, 6) is 0. The van der Waals surface area contributed by atoms with Crippen LogP contribution in [0.3, 0.4) is 0 Å². The van der Waals surface area contributed by atoms with Crippen LogP contribution in [-0.4, -0.2) is 11.3 Å². The zero-order chi connectivity index (χ0) is 94.3. The number of aromatic nitrogens is 1. The summed E-state index contributed by atoms with van der Waals surface area (Å²) in [5.41, 5.74) is -23.8. The van der Waals surface area contributed by atoms with Crippen molar-refractivity contribution in [3.05, 3.63) is 252 Å². The molecule has 0 unspecified atom stereocenters. The van der Waals surface area contributed by atoms with Crippen molar-refractivity contribution in [2.45, 2.75) is 105 Å². The molecule has 7 heteroatoms. The van der Waals surface area contributed by atoms with E-state index in [1.807, 2.05) is 0 Å². The fourth-order valence-electron chi connectivity index (χ4n) is 11.6. The number of hydrogen-bond donors (Lipinski definition) is 0. The SMILES string of the molecule is [2H]c1c([2H])c([2H])c(N(c2c([2H])c([2H])c([2H])c([2H])c2[2H])c2c([2H])c3c4c(c2[2H])N2c5c(c([2H])c([2H])c([2H])c5-n5c6c([2H])c([2H])c(C(C)(C)C)c([2H])c6c6c([2H])c(C(C)(C)C)c([2H])c2c65)B4c2c([2H])c([2H])c(N(c4c([2H])c([2H])c(C(C)(C)C)c([2H])c4[2H])c4c([2H])c([2H])c(C(C)(C)C)c([2H])c4[2H])c([2H])c2N3c2c([2H])c([2H])c([2H])c3c2oc2c([2H])c([2H])c([2H])c([2H])c23)c([2H])c1[2H]. The van der Waals surface area contributed by atoms with E-state index < -0.39 is 381 Å². The lowest BCUT2D eigenvalue weighted by molar-refractivity contribution is 0.590. The first-order valence-corrected chi connectivity index (χ1v) is 28.6. The van der Waals surface area contributed by atoms with Crippen molar-refractivity contribution in [2.24, 2.45) is 0 Å². The third kappa shape index (κ3) is 8.52. The van der Waals surface area contributed by atoms with Crippen molar-refractivity contribution in [1.29, 1.82) is 0 Å². The monoisotopic (exact) mass is 1190 g/mol. The zero-order valence-electron chi connectivity index (χ0n) is 88.2. The quantitative estimate of drug-likeness (QED) is 0.148. The fourth-order valence-corrected chi connectivity index (χ4v) is 11.6. The molecular weight excluding hydrogens is 1080 g/mol. The van der Waals surface area contributed by atoms with Crippen LogP contribution in [0.5, 0.6) is 0 Å². The summed E-state index contributed by atoms with van der Waals surface area (Å²) in [4.78, 5) is 2.55. The van der Waals surface area contributed by atoms with Gasteiger partial charge in [0.1, 0.15) is 5.58 Å². The molecule has 0 aliphatic carbocycles. The Morgan fingerprint density at radius 1 is 0.348 bits per heavy atom. The Hall–Kier alpha value is -9.72. The first kappa shape index (κ1) is 27.8. The van der Waals surface area contributed by atoms with E-state index in [-0.39, 0.29) is 33.0 Å². The van der Waals surface area contributed by atoms with Crippen LogP contribution >= 0.6 is 0 Å². The highest BCUT2D eigenvalue weighted by Crippen LogP contribution is 2.56. The lowest BCUT2D eigenvalue weighted by Crippen LogP contribution is -2.61. The molecule has 0 amide bonds. The van der Waals surface area contributed by atoms with E-state index in [0.717, 1.165) is 9.47 Å². The van der Waals surface area contributed by atoms with Gasteiger partial charge in [0.15, 0.2) is 5.58 Å². The van der Waals surface area contributed by atoms with E-state index in [2.05, 4.69) is 0 Å². The number of hydrogen-bond acceptors (Lipinski definition) is 5. The molecule has 11 aromatic carbocycles. The maximum absolute atomic E-state index is 11.6. The van der Waals surface area contributed by atoms with E-state index in [9.17, 15) is 46.6 Å². The summed E-state index contributed by atoms with van der Waals surface area (Å²) in [7, 11) is 0. The predicted octanol–water partition coefficient (Wildman–Crippen LogP) is 21.2. The van der Waals surface area contributed by atoms with Crippen molar-refractivity contribution in [3.8, 4) is 5.69 Å². The number of furan rings is 1. The van der Waals surface area contributed by atoms with Gasteiger partial charge in [-0.15, -0.1) is 0 Å². The Balaban J connectivity index is 1.28. The standard InChI is InChI=1S/C82H74BN5O/c1-79(2,3)51-33-38-57(39-34-51)84(58-40-35-52(36-41-58)80(4,5)6)59-42-43-65-70(48-59)86(69-31-21-28-62-61-27-19-20-32-74(61)89-78(62)69)71-49-60(85(55-23-15-13-16-24-55)56-25-17-14-18-26-56)50-72-75(71)83(65)66-29-22-30-68-77(66)88(72)73-47-54(82(10,11)12)46-64-63-45-53(81(7,8)9)37-44-67(63)87(68)76(64)73/h13-50H,1-12H3/i13D,14D,15D,16D,17D,18D,19D,20D,21D,22D,23D,24D,25D,26D,27D,28D,29D,30D,31D,32D,33D,34D,35D,36D,37D,38D,39D,40D,41D,42D,43D,44D,45D,46D,47D,48D,49D,50D. The van der Waals surface area contributed by atoms with E-state index in [1.54, 1.807) is 83.1 Å². The molecule has 436 valence electrons. The maximum Gasteiger partial charge on any atom is 0.252 e. The van der Waals surface area contributed by atoms with Crippen molar-refractivity contribution in [3.63, 3.8) is 0 Å². The third-order valence-electron chi connectivity index (χ3n) is 16.0. The second-order valence-corrected chi connectivity index (χ2v) is 26.1. The van der Waals surface area contributed by atoms with Gasteiger partial charge in [-0.1, -0.05) is 198 Å². The van der Waals surface area contributed by atoms with Gasteiger partial charge < -0.3 is 28.6 Å². The number of fused-ring (bicyclic) bond motifs is 12. The Morgan fingerprint density at radius 3 is 1.48 bits per heavy atom. The van der Waals surface area contributed by atoms with Gasteiger partial charge in [-0.3, -0.25) is 0 Å². The average Bonchev–Trinajstić information content (AvgIpc) is 1.62. The van der Waals surface area contributed by atoms with Crippen LogP contribution in [0.15, 0.2) is 234 Å². The lowest BCUT2D eigenvalue weighted by atomic mass is 9.33. The summed E-state index contributed by atoms with van der Waals surface area (Å²) in [6.07, 6.45) is 0. The Morgan fingerprint density at radius 2 is 0.854 bits per heavy atom. The van der Waals surface area contributed by atoms with E-state index in [4.69, 9.17) is 9.90 Å². The molecule has 5 heterocycles. The maximum atomic E-state index is 11.6. The molecular formula is C82H74BN5O. The van der Waals surface area contributed by atoms with E-state index in [0.29, 0.717) is 14.7 Å². The van der Waals surface area contributed by atoms with Gasteiger partial charge in [-0.25, -0.2) is 0 Å². The summed E-state index contributed by atoms with van der Waals surface area (Å²) < 4.78 is 390.